The lowest BCUT2D eigenvalue weighted by Gasteiger charge is -2.40. The molecule has 4 heteroatoms. The molecule has 1 aromatic carbocycles. The van der Waals surface area contributed by atoms with Gasteiger partial charge in [-0.1, -0.05) is 35.9 Å². The Morgan fingerprint density at radius 2 is 2.00 bits per heavy atom. The molecular formula is C20H26N2O2. The van der Waals surface area contributed by atoms with E-state index in [0.717, 1.165) is 25.7 Å². The average molecular weight is 326 g/mol. The summed E-state index contributed by atoms with van der Waals surface area (Å²) < 4.78 is 0. The van der Waals surface area contributed by atoms with E-state index in [4.69, 9.17) is 0 Å². The lowest BCUT2D eigenvalue weighted by molar-refractivity contribution is -0.140. The first kappa shape index (κ1) is 16.7. The highest BCUT2D eigenvalue weighted by Crippen LogP contribution is 2.39. The molecule has 3 rings (SSSR count). The minimum atomic E-state index is -0.117. The topological polar surface area (TPSA) is 49.4 Å². The lowest BCUT2D eigenvalue weighted by atomic mass is 9.87. The number of hydrogen-bond acceptors (Lipinski definition) is 2. The van der Waals surface area contributed by atoms with Crippen LogP contribution in [0.25, 0.3) is 0 Å². The van der Waals surface area contributed by atoms with Crippen LogP contribution in [0.1, 0.15) is 42.9 Å². The summed E-state index contributed by atoms with van der Waals surface area (Å²) in [6.45, 7) is 6.71. The quantitative estimate of drug-likeness (QED) is 0.846. The summed E-state index contributed by atoms with van der Waals surface area (Å²) in [4.78, 5) is 27.1. The third-order valence-electron chi connectivity index (χ3n) is 5.01. The second kappa shape index (κ2) is 7.20. The van der Waals surface area contributed by atoms with Crippen LogP contribution >= 0.6 is 0 Å². The third kappa shape index (κ3) is 3.69. The Bertz CT molecular complexity index is 636. The van der Waals surface area contributed by atoms with Crippen LogP contribution in [0.5, 0.6) is 0 Å². The van der Waals surface area contributed by atoms with Crippen LogP contribution in [0.4, 0.5) is 0 Å². The van der Waals surface area contributed by atoms with Crippen molar-refractivity contribution in [2.24, 2.45) is 11.8 Å². The van der Waals surface area contributed by atoms with E-state index in [-0.39, 0.29) is 29.7 Å². The maximum absolute atomic E-state index is 12.8. The molecule has 0 bridgehead atoms. The first-order valence-corrected chi connectivity index (χ1v) is 8.85. The summed E-state index contributed by atoms with van der Waals surface area (Å²) >= 11 is 0. The van der Waals surface area contributed by atoms with Crippen LogP contribution in [0.2, 0.25) is 0 Å². The first-order valence-electron chi connectivity index (χ1n) is 8.85. The minimum Gasteiger partial charge on any atom is -0.352 e. The van der Waals surface area contributed by atoms with Gasteiger partial charge in [-0.05, 0) is 38.2 Å². The van der Waals surface area contributed by atoms with Crippen LogP contribution in [0.3, 0.4) is 0 Å². The van der Waals surface area contributed by atoms with Crippen LogP contribution in [0.15, 0.2) is 36.9 Å². The predicted molar refractivity (Wildman–Crippen MR) is 94.3 cm³/mol. The van der Waals surface area contributed by atoms with Gasteiger partial charge in [-0.25, -0.2) is 0 Å². The molecule has 2 amide bonds. The van der Waals surface area contributed by atoms with Crippen LogP contribution in [-0.2, 0) is 9.59 Å². The van der Waals surface area contributed by atoms with Gasteiger partial charge in [0.15, 0.2) is 0 Å². The Morgan fingerprint density at radius 3 is 2.67 bits per heavy atom. The second-order valence-electron chi connectivity index (χ2n) is 7.00. The van der Waals surface area contributed by atoms with E-state index in [1.54, 1.807) is 6.08 Å². The third-order valence-corrected chi connectivity index (χ3v) is 5.01. The summed E-state index contributed by atoms with van der Waals surface area (Å²) in [5.74, 6) is 0.315. The first-order chi connectivity index (χ1) is 11.6. The Hall–Kier alpha value is -2.10. The Balaban J connectivity index is 1.78. The number of benzene rings is 1. The molecule has 24 heavy (non-hydrogen) atoms. The number of hydrogen-bond donors (Lipinski definition) is 1. The van der Waals surface area contributed by atoms with E-state index in [9.17, 15) is 9.59 Å². The van der Waals surface area contributed by atoms with Crippen molar-refractivity contribution in [3.8, 4) is 0 Å². The summed E-state index contributed by atoms with van der Waals surface area (Å²) in [5.41, 5.74) is 2.39. The highest BCUT2D eigenvalue weighted by atomic mass is 16.2. The fourth-order valence-electron chi connectivity index (χ4n) is 3.53. The van der Waals surface area contributed by atoms with Gasteiger partial charge in [-0.15, -0.1) is 6.58 Å². The van der Waals surface area contributed by atoms with E-state index in [2.05, 4.69) is 37.0 Å². The Morgan fingerprint density at radius 1 is 1.25 bits per heavy atom. The highest BCUT2D eigenvalue weighted by Gasteiger charge is 2.41. The molecule has 0 aromatic heterocycles. The molecule has 1 aromatic rings. The molecule has 0 radical (unpaired) electrons. The Labute approximate surface area is 143 Å². The van der Waals surface area contributed by atoms with Gasteiger partial charge in [0, 0.05) is 19.0 Å². The molecule has 1 saturated heterocycles. The van der Waals surface area contributed by atoms with Crippen molar-refractivity contribution < 1.29 is 9.59 Å². The van der Waals surface area contributed by atoms with Crippen molar-refractivity contribution in [1.29, 1.82) is 0 Å². The zero-order valence-electron chi connectivity index (χ0n) is 14.3. The molecule has 4 nitrogen and oxygen atoms in total. The maximum atomic E-state index is 12.8. The number of piperidine rings is 1. The fourth-order valence-corrected chi connectivity index (χ4v) is 3.53. The molecule has 1 aliphatic carbocycles. The van der Waals surface area contributed by atoms with Crippen molar-refractivity contribution >= 4 is 11.8 Å². The fraction of sp³-hybridized carbons (Fsp3) is 0.500. The largest absolute Gasteiger partial charge is 0.352 e. The predicted octanol–water partition coefficient (Wildman–Crippen LogP) is 2.99. The van der Waals surface area contributed by atoms with E-state index in [0.29, 0.717) is 13.1 Å². The van der Waals surface area contributed by atoms with Crippen LogP contribution in [0, 0.1) is 18.8 Å². The zero-order chi connectivity index (χ0) is 17.1. The van der Waals surface area contributed by atoms with Gasteiger partial charge in [0.25, 0.3) is 0 Å². The minimum absolute atomic E-state index is 0.0335. The van der Waals surface area contributed by atoms with Gasteiger partial charge in [0.2, 0.25) is 11.8 Å². The van der Waals surface area contributed by atoms with E-state index in [1.165, 1.54) is 11.1 Å². The van der Waals surface area contributed by atoms with Gasteiger partial charge < -0.3 is 10.2 Å². The number of aryl methyl sites for hydroxylation is 1. The van der Waals surface area contributed by atoms with Crippen molar-refractivity contribution in [3.63, 3.8) is 0 Å². The van der Waals surface area contributed by atoms with Crippen LogP contribution < -0.4 is 5.32 Å². The molecule has 1 N–H and O–H groups in total. The second-order valence-corrected chi connectivity index (χ2v) is 7.00. The van der Waals surface area contributed by atoms with E-state index < -0.39 is 0 Å². The van der Waals surface area contributed by atoms with Crippen molar-refractivity contribution in [1.82, 2.24) is 10.2 Å². The normalized spacial score (nSPS) is 23.6. The van der Waals surface area contributed by atoms with E-state index >= 15 is 0 Å². The summed E-state index contributed by atoms with van der Waals surface area (Å²) in [7, 11) is 0. The van der Waals surface area contributed by atoms with Crippen LogP contribution in [-0.4, -0.2) is 29.8 Å². The summed E-state index contributed by atoms with van der Waals surface area (Å²) in [6.07, 6.45) is 5.32. The molecule has 128 valence electrons. The maximum Gasteiger partial charge on any atom is 0.226 e. The number of nitrogens with zero attached hydrogens (tertiary/aromatic N) is 1. The number of carbonyl (C=O) groups excluding carboxylic acids is 2. The van der Waals surface area contributed by atoms with Crippen molar-refractivity contribution in [2.45, 2.75) is 38.6 Å². The molecule has 2 fully saturated rings. The summed E-state index contributed by atoms with van der Waals surface area (Å²) in [5, 5.41) is 2.88. The molecular weight excluding hydrogens is 300 g/mol. The van der Waals surface area contributed by atoms with Gasteiger partial charge in [0.05, 0.1) is 12.0 Å². The Kier molecular flexibility index (Phi) is 5.03. The molecule has 1 saturated carbocycles. The monoisotopic (exact) mass is 326 g/mol. The van der Waals surface area contributed by atoms with E-state index in [1.807, 2.05) is 11.0 Å². The molecule has 1 aliphatic heterocycles. The molecule has 0 unspecified atom stereocenters. The molecule has 0 spiro atoms. The van der Waals surface area contributed by atoms with Crippen molar-refractivity contribution in [3.05, 3.63) is 48.0 Å². The molecule has 2 atom stereocenters. The molecule has 2 aliphatic rings. The number of rotatable bonds is 5. The number of carbonyl (C=O) groups is 2. The number of amides is 2. The summed E-state index contributed by atoms with van der Waals surface area (Å²) in [6, 6.07) is 8.48. The number of nitrogens with one attached hydrogen (secondary N) is 1. The van der Waals surface area contributed by atoms with Gasteiger partial charge >= 0.3 is 0 Å². The zero-order valence-corrected chi connectivity index (χ0v) is 14.3. The number of likely N-dealkylation sites (tertiary alicyclic amines) is 1. The lowest BCUT2D eigenvalue weighted by Crippen LogP contribution is -2.47. The smallest absolute Gasteiger partial charge is 0.226 e. The van der Waals surface area contributed by atoms with Gasteiger partial charge in [-0.3, -0.25) is 9.59 Å². The standard InChI is InChI=1S/C20H26N2O2/c1-3-11-21-19(23)17-9-10-18(16-6-4-5-14(2)12-16)22(13-17)20(24)15-7-8-15/h3-6,12,15,17-18H,1,7-11,13H2,2H3,(H,21,23)/t17-,18-/m1/s1. The van der Waals surface area contributed by atoms with Crippen molar-refractivity contribution in [2.75, 3.05) is 13.1 Å². The van der Waals surface area contributed by atoms with Gasteiger partial charge in [-0.2, -0.15) is 0 Å². The SMILES string of the molecule is C=CCNC(=O)[C@@H]1CC[C@H](c2cccc(C)c2)N(C(=O)C2CC2)C1. The molecule has 1 heterocycles. The van der Waals surface area contributed by atoms with Gasteiger partial charge in [0.1, 0.15) is 0 Å². The average Bonchev–Trinajstić information content (AvgIpc) is 3.43. The highest BCUT2D eigenvalue weighted by molar-refractivity contribution is 5.84.